The lowest BCUT2D eigenvalue weighted by atomic mass is 10.1. The van der Waals surface area contributed by atoms with Crippen molar-refractivity contribution in [3.63, 3.8) is 0 Å². The van der Waals surface area contributed by atoms with Crippen LogP contribution in [0.15, 0.2) is 66.9 Å². The standard InChI is InChI=1S/C18H19N3/c1-14(2)20-17-11-7-6-10-16(17)18-12-13-19-21(18)15-8-4-3-5-9-15/h3-14,20H,1-2H3. The molecular formula is C18H19N3. The lowest BCUT2D eigenvalue weighted by Gasteiger charge is -2.15. The molecule has 0 aliphatic heterocycles. The Labute approximate surface area is 125 Å². The first-order valence-corrected chi connectivity index (χ1v) is 7.21. The van der Waals surface area contributed by atoms with E-state index in [1.807, 2.05) is 35.1 Å². The number of anilines is 1. The first kappa shape index (κ1) is 13.4. The van der Waals surface area contributed by atoms with Gasteiger partial charge in [-0.15, -0.1) is 0 Å². The van der Waals surface area contributed by atoms with E-state index in [4.69, 9.17) is 0 Å². The fraction of sp³-hybridized carbons (Fsp3) is 0.167. The highest BCUT2D eigenvalue weighted by Gasteiger charge is 2.11. The number of aromatic nitrogens is 2. The predicted octanol–water partition coefficient (Wildman–Crippen LogP) is 4.36. The van der Waals surface area contributed by atoms with Crippen molar-refractivity contribution in [2.45, 2.75) is 19.9 Å². The molecule has 1 N–H and O–H groups in total. The SMILES string of the molecule is CC(C)Nc1ccccc1-c1ccnn1-c1ccccc1. The summed E-state index contributed by atoms with van der Waals surface area (Å²) in [4.78, 5) is 0. The molecule has 3 heteroatoms. The Kier molecular flexibility index (Phi) is 3.73. The van der Waals surface area contributed by atoms with E-state index in [-0.39, 0.29) is 0 Å². The van der Waals surface area contributed by atoms with Crippen LogP contribution in [0.3, 0.4) is 0 Å². The van der Waals surface area contributed by atoms with E-state index in [1.54, 1.807) is 0 Å². The highest BCUT2D eigenvalue weighted by atomic mass is 15.3. The molecule has 3 nitrogen and oxygen atoms in total. The van der Waals surface area contributed by atoms with Gasteiger partial charge in [0.2, 0.25) is 0 Å². The van der Waals surface area contributed by atoms with Crippen LogP contribution in [-0.4, -0.2) is 15.8 Å². The van der Waals surface area contributed by atoms with E-state index in [1.165, 1.54) is 0 Å². The van der Waals surface area contributed by atoms with E-state index in [2.05, 4.69) is 60.7 Å². The lowest BCUT2D eigenvalue weighted by Crippen LogP contribution is -2.11. The summed E-state index contributed by atoms with van der Waals surface area (Å²) in [6, 6.07) is 21.0. The highest BCUT2D eigenvalue weighted by Crippen LogP contribution is 2.29. The molecule has 0 unspecified atom stereocenters. The van der Waals surface area contributed by atoms with Gasteiger partial charge in [-0.25, -0.2) is 4.68 Å². The highest BCUT2D eigenvalue weighted by molar-refractivity contribution is 5.76. The molecule has 0 saturated heterocycles. The Morgan fingerprint density at radius 3 is 2.38 bits per heavy atom. The van der Waals surface area contributed by atoms with Gasteiger partial charge in [0, 0.05) is 17.3 Å². The minimum Gasteiger partial charge on any atom is -0.382 e. The molecule has 0 bridgehead atoms. The second-order valence-corrected chi connectivity index (χ2v) is 5.31. The van der Waals surface area contributed by atoms with Gasteiger partial charge in [-0.3, -0.25) is 0 Å². The van der Waals surface area contributed by atoms with Gasteiger partial charge in [0.25, 0.3) is 0 Å². The van der Waals surface area contributed by atoms with Gasteiger partial charge in [-0.05, 0) is 38.1 Å². The maximum absolute atomic E-state index is 4.47. The second-order valence-electron chi connectivity index (χ2n) is 5.31. The van der Waals surface area contributed by atoms with Crippen molar-refractivity contribution in [1.82, 2.24) is 9.78 Å². The van der Waals surface area contributed by atoms with Crippen molar-refractivity contribution in [1.29, 1.82) is 0 Å². The Morgan fingerprint density at radius 1 is 0.905 bits per heavy atom. The third kappa shape index (κ3) is 2.82. The molecule has 1 aromatic heterocycles. The first-order chi connectivity index (χ1) is 10.3. The average molecular weight is 277 g/mol. The summed E-state index contributed by atoms with van der Waals surface area (Å²) in [5.74, 6) is 0. The largest absolute Gasteiger partial charge is 0.382 e. The van der Waals surface area contributed by atoms with Crippen molar-refractivity contribution in [2.24, 2.45) is 0 Å². The van der Waals surface area contributed by atoms with Crippen molar-refractivity contribution in [3.8, 4) is 16.9 Å². The molecule has 106 valence electrons. The van der Waals surface area contributed by atoms with Crippen molar-refractivity contribution < 1.29 is 0 Å². The van der Waals surface area contributed by atoms with Crippen LogP contribution in [-0.2, 0) is 0 Å². The molecule has 0 spiro atoms. The summed E-state index contributed by atoms with van der Waals surface area (Å²) in [5.41, 5.74) is 4.44. The van der Waals surface area contributed by atoms with Gasteiger partial charge in [0.05, 0.1) is 17.6 Å². The number of rotatable bonds is 4. The van der Waals surface area contributed by atoms with E-state index in [9.17, 15) is 0 Å². The summed E-state index contributed by atoms with van der Waals surface area (Å²) in [7, 11) is 0. The molecule has 3 rings (SSSR count). The molecule has 1 heterocycles. The van der Waals surface area contributed by atoms with Crippen LogP contribution in [0, 0.1) is 0 Å². The summed E-state index contributed by atoms with van der Waals surface area (Å²) in [6.07, 6.45) is 1.84. The van der Waals surface area contributed by atoms with Gasteiger partial charge in [-0.2, -0.15) is 5.10 Å². The maximum Gasteiger partial charge on any atom is 0.0761 e. The van der Waals surface area contributed by atoms with Crippen LogP contribution in [0.5, 0.6) is 0 Å². The van der Waals surface area contributed by atoms with Crippen LogP contribution in [0.25, 0.3) is 16.9 Å². The molecule has 0 saturated carbocycles. The number of hydrogen-bond donors (Lipinski definition) is 1. The smallest absolute Gasteiger partial charge is 0.0761 e. The van der Waals surface area contributed by atoms with Crippen LogP contribution in [0.4, 0.5) is 5.69 Å². The Morgan fingerprint density at radius 2 is 1.62 bits per heavy atom. The third-order valence-electron chi connectivity index (χ3n) is 3.29. The summed E-state index contributed by atoms with van der Waals surface area (Å²) >= 11 is 0. The quantitative estimate of drug-likeness (QED) is 0.768. The molecule has 0 aliphatic carbocycles. The fourth-order valence-electron chi connectivity index (χ4n) is 2.43. The van der Waals surface area contributed by atoms with Crippen LogP contribution < -0.4 is 5.32 Å². The zero-order valence-electron chi connectivity index (χ0n) is 12.3. The normalized spacial score (nSPS) is 10.8. The minimum atomic E-state index is 0.388. The van der Waals surface area contributed by atoms with Crippen LogP contribution in [0.1, 0.15) is 13.8 Å². The topological polar surface area (TPSA) is 29.9 Å². The molecule has 0 aliphatic rings. The van der Waals surface area contributed by atoms with E-state index in [0.717, 1.165) is 22.6 Å². The van der Waals surface area contributed by atoms with Crippen LogP contribution in [0.2, 0.25) is 0 Å². The maximum atomic E-state index is 4.47. The number of nitrogens with zero attached hydrogens (tertiary/aromatic N) is 2. The van der Waals surface area contributed by atoms with E-state index >= 15 is 0 Å². The van der Waals surface area contributed by atoms with Crippen molar-refractivity contribution in [2.75, 3.05) is 5.32 Å². The van der Waals surface area contributed by atoms with Gasteiger partial charge < -0.3 is 5.32 Å². The Balaban J connectivity index is 2.09. The molecule has 0 atom stereocenters. The molecule has 0 radical (unpaired) electrons. The summed E-state index contributed by atoms with van der Waals surface area (Å²) in [5, 5.41) is 7.97. The van der Waals surface area contributed by atoms with Crippen molar-refractivity contribution in [3.05, 3.63) is 66.9 Å². The molecule has 21 heavy (non-hydrogen) atoms. The van der Waals surface area contributed by atoms with Gasteiger partial charge in [0.15, 0.2) is 0 Å². The number of benzene rings is 2. The fourth-order valence-corrected chi connectivity index (χ4v) is 2.43. The zero-order valence-corrected chi connectivity index (χ0v) is 12.3. The van der Waals surface area contributed by atoms with Gasteiger partial charge in [-0.1, -0.05) is 36.4 Å². The van der Waals surface area contributed by atoms with E-state index in [0.29, 0.717) is 6.04 Å². The first-order valence-electron chi connectivity index (χ1n) is 7.21. The number of hydrogen-bond acceptors (Lipinski definition) is 2. The van der Waals surface area contributed by atoms with Crippen LogP contribution >= 0.6 is 0 Å². The average Bonchev–Trinajstić information content (AvgIpc) is 2.97. The number of para-hydroxylation sites is 2. The Hall–Kier alpha value is -2.55. The predicted molar refractivity (Wildman–Crippen MR) is 87.8 cm³/mol. The van der Waals surface area contributed by atoms with Gasteiger partial charge in [0.1, 0.15) is 0 Å². The molecule has 0 amide bonds. The third-order valence-corrected chi connectivity index (χ3v) is 3.29. The lowest BCUT2D eigenvalue weighted by molar-refractivity contribution is 0.882. The van der Waals surface area contributed by atoms with Crippen molar-refractivity contribution >= 4 is 5.69 Å². The monoisotopic (exact) mass is 277 g/mol. The molecule has 3 aromatic rings. The minimum absolute atomic E-state index is 0.388. The summed E-state index contributed by atoms with van der Waals surface area (Å²) < 4.78 is 1.97. The summed E-state index contributed by atoms with van der Waals surface area (Å²) in [6.45, 7) is 4.29. The molecule has 0 fully saturated rings. The molecular weight excluding hydrogens is 258 g/mol. The molecule has 2 aromatic carbocycles. The number of nitrogens with one attached hydrogen (secondary N) is 1. The second kappa shape index (κ2) is 5.83. The van der Waals surface area contributed by atoms with E-state index < -0.39 is 0 Å². The zero-order chi connectivity index (χ0) is 14.7. The van der Waals surface area contributed by atoms with Gasteiger partial charge >= 0.3 is 0 Å². The Bertz CT molecular complexity index is 714.